The highest BCUT2D eigenvalue weighted by Gasteiger charge is 2.10. The number of aromatic nitrogens is 1. The molecule has 7 heteroatoms. The number of carbonyl (C=O) groups excluding carboxylic acids is 1. The Morgan fingerprint density at radius 2 is 1.88 bits per heavy atom. The Bertz CT molecular complexity index is 744. The number of amides is 1. The third kappa shape index (κ3) is 6.43. The number of carboxylic acids is 1. The van der Waals surface area contributed by atoms with Gasteiger partial charge in [0, 0.05) is 18.2 Å². The molecule has 0 saturated heterocycles. The summed E-state index contributed by atoms with van der Waals surface area (Å²) in [5, 5.41) is 11.3. The van der Waals surface area contributed by atoms with Crippen molar-refractivity contribution < 1.29 is 24.2 Å². The fourth-order valence-corrected chi connectivity index (χ4v) is 2.09. The van der Waals surface area contributed by atoms with E-state index in [-0.39, 0.29) is 24.1 Å². The quantitative estimate of drug-likeness (QED) is 0.667. The minimum atomic E-state index is -0.844. The molecule has 138 valence electrons. The van der Waals surface area contributed by atoms with E-state index in [2.05, 4.69) is 10.3 Å². The molecule has 1 heterocycles. The number of hydrogen-bond donors (Lipinski definition) is 2. The van der Waals surface area contributed by atoms with E-state index in [1.165, 1.54) is 0 Å². The Kier molecular flexibility index (Phi) is 6.96. The number of nitrogens with zero attached hydrogens (tertiary/aromatic N) is 1. The highest BCUT2D eigenvalue weighted by Crippen LogP contribution is 2.17. The molecule has 1 aromatic carbocycles. The van der Waals surface area contributed by atoms with Crippen LogP contribution in [0.3, 0.4) is 0 Å². The third-order valence-corrected chi connectivity index (χ3v) is 3.23. The molecular weight excluding hydrogens is 336 g/mol. The van der Waals surface area contributed by atoms with Crippen molar-refractivity contribution in [1.82, 2.24) is 4.98 Å². The van der Waals surface area contributed by atoms with Crippen molar-refractivity contribution in [3.05, 3.63) is 48.2 Å². The molecule has 0 saturated carbocycles. The molecule has 2 N–H and O–H groups in total. The van der Waals surface area contributed by atoms with Gasteiger partial charge in [0.1, 0.15) is 11.4 Å². The predicted octanol–water partition coefficient (Wildman–Crippen LogP) is 3.36. The maximum Gasteiger partial charge on any atom is 0.303 e. The normalized spacial score (nSPS) is 10.4. The highest BCUT2D eigenvalue weighted by atomic mass is 16.5. The lowest BCUT2D eigenvalue weighted by Gasteiger charge is -2.10. The Labute approximate surface area is 152 Å². The molecule has 0 unspecified atom stereocenters. The average Bonchev–Trinajstić information content (AvgIpc) is 2.59. The van der Waals surface area contributed by atoms with E-state index in [4.69, 9.17) is 14.6 Å². The molecule has 7 nitrogen and oxygen atoms in total. The largest absolute Gasteiger partial charge is 0.494 e. The van der Waals surface area contributed by atoms with Gasteiger partial charge in [-0.05, 0) is 50.6 Å². The Morgan fingerprint density at radius 1 is 1.15 bits per heavy atom. The lowest BCUT2D eigenvalue weighted by molar-refractivity contribution is -0.137. The SMILES string of the molecule is CC(C)Oc1cccc(C(=O)Nc2ccc(OCCCC(=O)O)cc2)n1. The van der Waals surface area contributed by atoms with Crippen molar-refractivity contribution in [3.63, 3.8) is 0 Å². The number of rotatable bonds is 9. The second-order valence-corrected chi connectivity index (χ2v) is 5.85. The number of ether oxygens (including phenoxy) is 2. The molecule has 0 bridgehead atoms. The van der Waals surface area contributed by atoms with Crippen LogP contribution in [-0.4, -0.2) is 34.7 Å². The van der Waals surface area contributed by atoms with Crippen LogP contribution in [0.15, 0.2) is 42.5 Å². The van der Waals surface area contributed by atoms with Crippen LogP contribution < -0.4 is 14.8 Å². The third-order valence-electron chi connectivity index (χ3n) is 3.23. The molecule has 1 aromatic heterocycles. The van der Waals surface area contributed by atoms with Gasteiger partial charge >= 0.3 is 5.97 Å². The van der Waals surface area contributed by atoms with Gasteiger partial charge in [0.2, 0.25) is 5.88 Å². The van der Waals surface area contributed by atoms with Gasteiger partial charge in [0.15, 0.2) is 0 Å². The van der Waals surface area contributed by atoms with Gasteiger partial charge in [-0.3, -0.25) is 9.59 Å². The summed E-state index contributed by atoms with van der Waals surface area (Å²) in [6.07, 6.45) is 0.485. The highest BCUT2D eigenvalue weighted by molar-refractivity contribution is 6.02. The van der Waals surface area contributed by atoms with Gasteiger partial charge < -0.3 is 19.9 Å². The molecule has 26 heavy (non-hydrogen) atoms. The van der Waals surface area contributed by atoms with Gasteiger partial charge in [-0.1, -0.05) is 6.07 Å². The molecule has 0 fully saturated rings. The van der Waals surface area contributed by atoms with Crippen LogP contribution in [-0.2, 0) is 4.79 Å². The van der Waals surface area contributed by atoms with Crippen LogP contribution in [0.25, 0.3) is 0 Å². The van der Waals surface area contributed by atoms with E-state index in [1.54, 1.807) is 42.5 Å². The fourth-order valence-electron chi connectivity index (χ4n) is 2.09. The Balaban J connectivity index is 1.90. The topological polar surface area (TPSA) is 97.8 Å². The average molecular weight is 358 g/mol. The molecular formula is C19H22N2O5. The number of benzene rings is 1. The predicted molar refractivity (Wildman–Crippen MR) is 96.8 cm³/mol. The van der Waals surface area contributed by atoms with E-state index in [0.29, 0.717) is 30.3 Å². The van der Waals surface area contributed by atoms with Gasteiger partial charge in [-0.2, -0.15) is 0 Å². The van der Waals surface area contributed by atoms with Crippen molar-refractivity contribution in [3.8, 4) is 11.6 Å². The maximum atomic E-state index is 12.3. The summed E-state index contributed by atoms with van der Waals surface area (Å²) in [4.78, 5) is 26.9. The number of pyridine rings is 1. The van der Waals surface area contributed by atoms with Crippen LogP contribution in [0.2, 0.25) is 0 Å². The van der Waals surface area contributed by atoms with E-state index in [0.717, 1.165) is 0 Å². The summed E-state index contributed by atoms with van der Waals surface area (Å²) in [6, 6.07) is 11.9. The summed E-state index contributed by atoms with van der Waals surface area (Å²) >= 11 is 0. The number of hydrogen-bond acceptors (Lipinski definition) is 5. The van der Waals surface area contributed by atoms with Gasteiger partial charge in [-0.25, -0.2) is 4.98 Å². The molecule has 0 radical (unpaired) electrons. The van der Waals surface area contributed by atoms with Crippen molar-refractivity contribution in [2.24, 2.45) is 0 Å². The second kappa shape index (κ2) is 9.41. The van der Waals surface area contributed by atoms with Crippen LogP contribution in [0.1, 0.15) is 37.2 Å². The molecule has 2 rings (SSSR count). The van der Waals surface area contributed by atoms with E-state index in [1.807, 2.05) is 13.8 Å². The first-order valence-corrected chi connectivity index (χ1v) is 8.34. The first-order chi connectivity index (χ1) is 12.4. The number of aliphatic carboxylic acids is 1. The molecule has 0 aliphatic carbocycles. The summed E-state index contributed by atoms with van der Waals surface area (Å²) in [5.74, 6) is -0.172. The summed E-state index contributed by atoms with van der Waals surface area (Å²) < 4.78 is 10.9. The minimum Gasteiger partial charge on any atom is -0.494 e. The van der Waals surface area contributed by atoms with E-state index in [9.17, 15) is 9.59 Å². The molecule has 2 aromatic rings. The van der Waals surface area contributed by atoms with Crippen LogP contribution >= 0.6 is 0 Å². The van der Waals surface area contributed by atoms with Crippen molar-refractivity contribution in [2.45, 2.75) is 32.8 Å². The minimum absolute atomic E-state index is 0.0242. The van der Waals surface area contributed by atoms with E-state index < -0.39 is 5.97 Å². The van der Waals surface area contributed by atoms with Gasteiger partial charge in [0.05, 0.1) is 12.7 Å². The van der Waals surface area contributed by atoms with Crippen molar-refractivity contribution in [2.75, 3.05) is 11.9 Å². The molecule has 0 aliphatic heterocycles. The smallest absolute Gasteiger partial charge is 0.303 e. The number of nitrogens with one attached hydrogen (secondary N) is 1. The van der Waals surface area contributed by atoms with Gasteiger partial charge in [0.25, 0.3) is 5.91 Å². The zero-order valence-electron chi connectivity index (χ0n) is 14.8. The standard InChI is InChI=1S/C19H22N2O5/c1-13(2)26-17-6-3-5-16(21-17)19(24)20-14-8-10-15(11-9-14)25-12-4-7-18(22)23/h3,5-6,8-11,13H,4,7,12H2,1-2H3,(H,20,24)(H,22,23). The molecule has 0 atom stereocenters. The number of anilines is 1. The number of carbonyl (C=O) groups is 2. The zero-order chi connectivity index (χ0) is 18.9. The first kappa shape index (κ1) is 19.2. The first-order valence-electron chi connectivity index (χ1n) is 8.34. The number of carboxylic acid groups (broad SMARTS) is 1. The summed E-state index contributed by atoms with van der Waals surface area (Å²) in [7, 11) is 0. The molecule has 0 spiro atoms. The van der Waals surface area contributed by atoms with Crippen LogP contribution in [0.4, 0.5) is 5.69 Å². The zero-order valence-corrected chi connectivity index (χ0v) is 14.8. The van der Waals surface area contributed by atoms with Crippen molar-refractivity contribution in [1.29, 1.82) is 0 Å². The maximum absolute atomic E-state index is 12.3. The van der Waals surface area contributed by atoms with Crippen LogP contribution in [0, 0.1) is 0 Å². The van der Waals surface area contributed by atoms with E-state index >= 15 is 0 Å². The Hall–Kier alpha value is -3.09. The van der Waals surface area contributed by atoms with Crippen molar-refractivity contribution >= 4 is 17.6 Å². The lowest BCUT2D eigenvalue weighted by Crippen LogP contribution is -2.15. The second-order valence-electron chi connectivity index (χ2n) is 5.85. The monoisotopic (exact) mass is 358 g/mol. The Morgan fingerprint density at radius 3 is 2.54 bits per heavy atom. The molecule has 0 aliphatic rings. The fraction of sp³-hybridized carbons (Fsp3) is 0.316. The summed E-state index contributed by atoms with van der Waals surface area (Å²) in [5.41, 5.74) is 0.863. The molecule has 1 amide bonds. The van der Waals surface area contributed by atoms with Crippen LogP contribution in [0.5, 0.6) is 11.6 Å². The summed E-state index contributed by atoms with van der Waals surface area (Å²) in [6.45, 7) is 4.10. The van der Waals surface area contributed by atoms with Gasteiger partial charge in [-0.15, -0.1) is 0 Å². The lowest BCUT2D eigenvalue weighted by atomic mass is 10.2.